The Morgan fingerprint density at radius 2 is 1.94 bits per heavy atom. The lowest BCUT2D eigenvalue weighted by Crippen LogP contribution is -2.07. The highest BCUT2D eigenvalue weighted by Crippen LogP contribution is 2.30. The van der Waals surface area contributed by atoms with Crippen molar-refractivity contribution in [2.75, 3.05) is 0 Å². The maximum absolute atomic E-state index is 11.5. The number of carboxylic acids is 1. The molecule has 6 heteroatoms. The molecule has 17 heavy (non-hydrogen) atoms. The molecule has 0 saturated carbocycles. The molecule has 0 fully saturated rings. The quantitative estimate of drug-likeness (QED) is 0.823. The predicted molar refractivity (Wildman–Crippen MR) is 60.7 cm³/mol. The molecule has 0 saturated heterocycles. The molecule has 88 valence electrons. The Bertz CT molecular complexity index is 652. The standard InChI is InChI=1S/C11H8O5S/c12-9-3-1-2-7(4-9)8-5-10(11(13)14)17(15,16)6-8/h1-6,12H,(H,13,14). The van der Waals surface area contributed by atoms with Gasteiger partial charge in [-0.1, -0.05) is 12.1 Å². The minimum atomic E-state index is -3.88. The van der Waals surface area contributed by atoms with Crippen molar-refractivity contribution in [1.82, 2.24) is 0 Å². The maximum atomic E-state index is 11.5. The number of phenolic OH excluding ortho intramolecular Hbond substituents is 1. The highest BCUT2D eigenvalue weighted by molar-refractivity contribution is 7.99. The van der Waals surface area contributed by atoms with E-state index in [-0.39, 0.29) is 11.3 Å². The Balaban J connectivity index is 2.54. The van der Waals surface area contributed by atoms with Crippen LogP contribution in [0.15, 0.2) is 40.7 Å². The van der Waals surface area contributed by atoms with Crippen molar-refractivity contribution in [1.29, 1.82) is 0 Å². The first kappa shape index (κ1) is 11.4. The van der Waals surface area contributed by atoms with Gasteiger partial charge in [0.1, 0.15) is 5.75 Å². The van der Waals surface area contributed by atoms with Gasteiger partial charge in [-0.05, 0) is 29.3 Å². The van der Waals surface area contributed by atoms with Crippen LogP contribution in [0.25, 0.3) is 5.57 Å². The third-order valence-corrected chi connectivity index (χ3v) is 3.74. The van der Waals surface area contributed by atoms with Gasteiger partial charge in [0.05, 0.1) is 0 Å². The molecule has 0 bridgehead atoms. The van der Waals surface area contributed by atoms with Crippen molar-refractivity contribution in [2.45, 2.75) is 0 Å². The Kier molecular flexibility index (Phi) is 2.51. The van der Waals surface area contributed by atoms with E-state index in [0.29, 0.717) is 5.56 Å². The molecule has 2 rings (SSSR count). The summed E-state index contributed by atoms with van der Waals surface area (Å²) in [6.45, 7) is 0. The van der Waals surface area contributed by atoms with Gasteiger partial charge in [-0.3, -0.25) is 0 Å². The van der Waals surface area contributed by atoms with Crippen LogP contribution >= 0.6 is 0 Å². The first-order chi connectivity index (χ1) is 7.90. The summed E-state index contributed by atoms with van der Waals surface area (Å²) in [6, 6.07) is 5.94. The van der Waals surface area contributed by atoms with E-state index in [4.69, 9.17) is 5.11 Å². The predicted octanol–water partition coefficient (Wildman–Crippen LogP) is 1.13. The molecule has 0 spiro atoms. The molecule has 0 unspecified atom stereocenters. The van der Waals surface area contributed by atoms with Gasteiger partial charge in [-0.25, -0.2) is 13.2 Å². The minimum Gasteiger partial charge on any atom is -0.508 e. The number of allylic oxidation sites excluding steroid dienone is 2. The largest absolute Gasteiger partial charge is 0.508 e. The molecule has 1 aromatic rings. The molecule has 1 heterocycles. The molecular formula is C11H8O5S. The summed E-state index contributed by atoms with van der Waals surface area (Å²) in [5.74, 6) is -1.51. The summed E-state index contributed by atoms with van der Waals surface area (Å²) in [7, 11) is -3.88. The van der Waals surface area contributed by atoms with Crippen LogP contribution in [0.5, 0.6) is 5.75 Å². The summed E-state index contributed by atoms with van der Waals surface area (Å²) in [5, 5.41) is 18.9. The molecule has 0 atom stereocenters. The number of phenols is 1. The number of aromatic hydroxyl groups is 1. The summed E-state index contributed by atoms with van der Waals surface area (Å²) >= 11 is 0. The summed E-state index contributed by atoms with van der Waals surface area (Å²) in [4.78, 5) is 10.1. The molecule has 1 aromatic carbocycles. The van der Waals surface area contributed by atoms with Crippen molar-refractivity contribution in [3.63, 3.8) is 0 Å². The number of hydrogen-bond donors (Lipinski definition) is 2. The SMILES string of the molecule is O=C(O)C1=CC(c2cccc(O)c2)=CS1(=O)=O. The molecule has 0 radical (unpaired) electrons. The lowest BCUT2D eigenvalue weighted by atomic mass is 10.1. The fraction of sp³-hybridized carbons (Fsp3) is 0. The van der Waals surface area contributed by atoms with Crippen molar-refractivity contribution in [2.24, 2.45) is 0 Å². The number of benzene rings is 1. The van der Waals surface area contributed by atoms with Gasteiger partial charge in [0.25, 0.3) is 0 Å². The van der Waals surface area contributed by atoms with Gasteiger partial charge in [-0.15, -0.1) is 0 Å². The van der Waals surface area contributed by atoms with Crippen molar-refractivity contribution >= 4 is 21.4 Å². The number of sulfone groups is 1. The van der Waals surface area contributed by atoms with Crippen LogP contribution in [0, 0.1) is 0 Å². The highest BCUT2D eigenvalue weighted by atomic mass is 32.2. The van der Waals surface area contributed by atoms with Crippen molar-refractivity contribution in [3.05, 3.63) is 46.2 Å². The maximum Gasteiger partial charge on any atom is 0.347 e. The second-order valence-electron chi connectivity index (χ2n) is 3.48. The van der Waals surface area contributed by atoms with E-state index in [1.54, 1.807) is 12.1 Å². The topological polar surface area (TPSA) is 91.7 Å². The van der Waals surface area contributed by atoms with Crippen LogP contribution in [-0.4, -0.2) is 24.6 Å². The second-order valence-corrected chi connectivity index (χ2v) is 5.25. The van der Waals surface area contributed by atoms with Gasteiger partial charge < -0.3 is 10.2 Å². The molecule has 2 N–H and O–H groups in total. The van der Waals surface area contributed by atoms with E-state index >= 15 is 0 Å². The molecule has 1 aliphatic rings. The van der Waals surface area contributed by atoms with Gasteiger partial charge in [0.15, 0.2) is 4.91 Å². The molecule has 0 amide bonds. The molecular weight excluding hydrogens is 244 g/mol. The Morgan fingerprint density at radius 1 is 1.24 bits per heavy atom. The number of aliphatic carboxylic acids is 1. The lowest BCUT2D eigenvalue weighted by Gasteiger charge is -1.98. The van der Waals surface area contributed by atoms with E-state index in [1.807, 2.05) is 0 Å². The zero-order valence-corrected chi connectivity index (χ0v) is 9.31. The van der Waals surface area contributed by atoms with Crippen molar-refractivity contribution in [3.8, 4) is 5.75 Å². The number of carbonyl (C=O) groups is 1. The Morgan fingerprint density at radius 3 is 2.47 bits per heavy atom. The molecule has 0 aromatic heterocycles. The molecule has 0 aliphatic carbocycles. The summed E-state index contributed by atoms with van der Waals surface area (Å²) in [6.07, 6.45) is 1.08. The number of hydrogen-bond acceptors (Lipinski definition) is 4. The first-order valence-corrected chi connectivity index (χ1v) is 6.16. The van der Waals surface area contributed by atoms with E-state index < -0.39 is 20.7 Å². The van der Waals surface area contributed by atoms with E-state index in [0.717, 1.165) is 11.5 Å². The summed E-state index contributed by atoms with van der Waals surface area (Å²) in [5.41, 5.74) is 0.697. The zero-order chi connectivity index (χ0) is 12.6. The summed E-state index contributed by atoms with van der Waals surface area (Å²) < 4.78 is 23.0. The zero-order valence-electron chi connectivity index (χ0n) is 8.49. The fourth-order valence-electron chi connectivity index (χ4n) is 1.51. The fourth-order valence-corrected chi connectivity index (χ4v) is 2.71. The van der Waals surface area contributed by atoms with Crippen LogP contribution < -0.4 is 0 Å². The van der Waals surface area contributed by atoms with Crippen LogP contribution in [0.1, 0.15) is 5.56 Å². The highest BCUT2D eigenvalue weighted by Gasteiger charge is 2.28. The van der Waals surface area contributed by atoms with Gasteiger partial charge in [0.2, 0.25) is 9.84 Å². The smallest absolute Gasteiger partial charge is 0.347 e. The van der Waals surface area contributed by atoms with Gasteiger partial charge in [-0.2, -0.15) is 0 Å². The van der Waals surface area contributed by atoms with Crippen LogP contribution in [0.3, 0.4) is 0 Å². The molecule has 1 aliphatic heterocycles. The van der Waals surface area contributed by atoms with Crippen LogP contribution in [-0.2, 0) is 14.6 Å². The number of carboxylic acid groups (broad SMARTS) is 1. The average Bonchev–Trinajstić information content (AvgIpc) is 2.54. The van der Waals surface area contributed by atoms with Gasteiger partial charge >= 0.3 is 5.97 Å². The van der Waals surface area contributed by atoms with E-state index in [1.165, 1.54) is 12.1 Å². The third kappa shape index (κ3) is 2.07. The first-order valence-electron chi connectivity index (χ1n) is 4.61. The minimum absolute atomic E-state index is 0.0158. The number of rotatable bonds is 2. The van der Waals surface area contributed by atoms with Crippen molar-refractivity contribution < 1.29 is 23.4 Å². The average molecular weight is 252 g/mol. The normalized spacial score (nSPS) is 17.4. The van der Waals surface area contributed by atoms with Gasteiger partial charge in [0, 0.05) is 5.41 Å². The van der Waals surface area contributed by atoms with Crippen LogP contribution in [0.2, 0.25) is 0 Å². The second kappa shape index (κ2) is 3.74. The van der Waals surface area contributed by atoms with Crippen LogP contribution in [0.4, 0.5) is 0 Å². The van der Waals surface area contributed by atoms with E-state index in [9.17, 15) is 18.3 Å². The molecule has 5 nitrogen and oxygen atoms in total. The monoisotopic (exact) mass is 252 g/mol. The van der Waals surface area contributed by atoms with E-state index in [2.05, 4.69) is 0 Å². The third-order valence-electron chi connectivity index (χ3n) is 2.27. The Hall–Kier alpha value is -2.08. The lowest BCUT2D eigenvalue weighted by molar-refractivity contribution is -0.131. The Labute approximate surface area is 97.2 Å².